The van der Waals surface area contributed by atoms with Gasteiger partial charge in [-0.25, -0.2) is 4.79 Å². The molecular formula is C17H19NO4. The second-order valence-corrected chi connectivity index (χ2v) is 5.73. The molecule has 0 spiro atoms. The number of alkyl carbamates (subject to hydrolysis) is 1. The first-order valence-corrected chi connectivity index (χ1v) is 7.42. The van der Waals surface area contributed by atoms with Gasteiger partial charge in [-0.15, -0.1) is 0 Å². The van der Waals surface area contributed by atoms with Crippen molar-refractivity contribution >= 4 is 12.1 Å². The van der Waals surface area contributed by atoms with Crippen molar-refractivity contribution in [2.75, 3.05) is 7.11 Å². The summed E-state index contributed by atoms with van der Waals surface area (Å²) in [5, 5.41) is 2.83. The molecule has 5 nitrogen and oxygen atoms in total. The van der Waals surface area contributed by atoms with E-state index in [0.29, 0.717) is 0 Å². The molecule has 0 saturated heterocycles. The molecule has 0 unspecified atom stereocenters. The topological polar surface area (TPSA) is 64.6 Å². The average molecular weight is 301 g/mol. The Hall–Kier alpha value is -2.30. The van der Waals surface area contributed by atoms with Crippen LogP contribution in [0.3, 0.4) is 0 Å². The zero-order chi connectivity index (χ0) is 15.5. The van der Waals surface area contributed by atoms with Crippen molar-refractivity contribution in [3.8, 4) is 0 Å². The summed E-state index contributed by atoms with van der Waals surface area (Å²) < 4.78 is 10.1. The van der Waals surface area contributed by atoms with E-state index in [9.17, 15) is 9.59 Å². The summed E-state index contributed by atoms with van der Waals surface area (Å²) in [6, 6.07) is 9.24. The fourth-order valence-corrected chi connectivity index (χ4v) is 3.38. The van der Waals surface area contributed by atoms with Crippen molar-refractivity contribution in [2.24, 2.45) is 17.8 Å². The third-order valence-electron chi connectivity index (χ3n) is 4.43. The summed E-state index contributed by atoms with van der Waals surface area (Å²) in [5.74, 6) is -0.260. The molecule has 0 aliphatic heterocycles. The molecule has 1 aromatic carbocycles. The second kappa shape index (κ2) is 6.22. The maximum Gasteiger partial charge on any atom is 0.407 e. The number of esters is 1. The van der Waals surface area contributed by atoms with Crippen LogP contribution in [0.15, 0.2) is 42.5 Å². The smallest absolute Gasteiger partial charge is 0.407 e. The largest absolute Gasteiger partial charge is 0.469 e. The molecule has 3 rings (SSSR count). The lowest BCUT2D eigenvalue weighted by Crippen LogP contribution is -2.46. The number of nitrogens with one attached hydrogen (secondary N) is 1. The number of hydrogen-bond acceptors (Lipinski definition) is 4. The number of benzene rings is 1. The van der Waals surface area contributed by atoms with E-state index in [4.69, 9.17) is 9.47 Å². The van der Waals surface area contributed by atoms with Crippen LogP contribution in [-0.2, 0) is 20.9 Å². The molecule has 4 atom stereocenters. The van der Waals surface area contributed by atoms with Crippen LogP contribution in [0.5, 0.6) is 0 Å². The Morgan fingerprint density at radius 2 is 1.91 bits per heavy atom. The standard InChI is InChI=1S/C17H19NO4/c1-21-16(19)14-12-7-8-13(9-12)15(14)18-17(20)22-10-11-5-3-2-4-6-11/h2-8,12-15H,9-10H2,1H3,(H,18,20)/t12-,13+,14-,15+/m1/s1. The molecule has 22 heavy (non-hydrogen) atoms. The summed E-state index contributed by atoms with van der Waals surface area (Å²) in [5.41, 5.74) is 0.926. The van der Waals surface area contributed by atoms with Crippen LogP contribution in [-0.4, -0.2) is 25.2 Å². The van der Waals surface area contributed by atoms with Gasteiger partial charge in [0.05, 0.1) is 19.1 Å². The van der Waals surface area contributed by atoms with Gasteiger partial charge < -0.3 is 14.8 Å². The van der Waals surface area contributed by atoms with E-state index in [2.05, 4.69) is 11.4 Å². The molecular weight excluding hydrogens is 282 g/mol. The Labute approximate surface area is 129 Å². The molecule has 0 heterocycles. The van der Waals surface area contributed by atoms with Gasteiger partial charge in [-0.2, -0.15) is 0 Å². The van der Waals surface area contributed by atoms with Crippen LogP contribution >= 0.6 is 0 Å². The van der Waals surface area contributed by atoms with Crippen LogP contribution in [0.1, 0.15) is 12.0 Å². The summed E-state index contributed by atoms with van der Waals surface area (Å²) in [6.07, 6.45) is 4.48. The zero-order valence-electron chi connectivity index (χ0n) is 12.4. The van der Waals surface area contributed by atoms with Crippen molar-refractivity contribution in [3.63, 3.8) is 0 Å². The number of hydrogen-bond donors (Lipinski definition) is 1. The van der Waals surface area contributed by atoms with Crippen molar-refractivity contribution in [1.29, 1.82) is 0 Å². The van der Waals surface area contributed by atoms with E-state index >= 15 is 0 Å². The Balaban J connectivity index is 1.58. The summed E-state index contributed by atoms with van der Waals surface area (Å²) in [7, 11) is 1.38. The first kappa shape index (κ1) is 14.6. The van der Waals surface area contributed by atoms with Crippen molar-refractivity contribution in [1.82, 2.24) is 5.32 Å². The van der Waals surface area contributed by atoms with Gasteiger partial charge >= 0.3 is 12.1 Å². The molecule has 0 aromatic heterocycles. The molecule has 1 amide bonds. The number of ether oxygens (including phenoxy) is 2. The lowest BCUT2D eigenvalue weighted by molar-refractivity contribution is -0.147. The van der Waals surface area contributed by atoms with Crippen LogP contribution in [0.25, 0.3) is 0 Å². The summed E-state index contributed by atoms with van der Waals surface area (Å²) >= 11 is 0. The third kappa shape index (κ3) is 2.84. The fourth-order valence-electron chi connectivity index (χ4n) is 3.38. The average Bonchev–Trinajstić information content (AvgIpc) is 3.14. The first-order chi connectivity index (χ1) is 10.7. The minimum Gasteiger partial charge on any atom is -0.469 e. The van der Waals surface area contributed by atoms with Crippen LogP contribution in [0.2, 0.25) is 0 Å². The lowest BCUT2D eigenvalue weighted by atomic mass is 9.89. The van der Waals surface area contributed by atoms with Crippen molar-refractivity contribution < 1.29 is 19.1 Å². The van der Waals surface area contributed by atoms with E-state index in [0.717, 1.165) is 12.0 Å². The van der Waals surface area contributed by atoms with Gasteiger partial charge in [-0.3, -0.25) is 4.79 Å². The minimum atomic E-state index is -0.497. The van der Waals surface area contributed by atoms with E-state index in [1.807, 2.05) is 36.4 Å². The molecule has 1 saturated carbocycles. The van der Waals surface area contributed by atoms with Crippen LogP contribution < -0.4 is 5.32 Å². The number of carbonyl (C=O) groups excluding carboxylic acids is 2. The second-order valence-electron chi connectivity index (χ2n) is 5.73. The van der Waals surface area contributed by atoms with Crippen molar-refractivity contribution in [2.45, 2.75) is 19.1 Å². The number of carbonyl (C=O) groups is 2. The van der Waals surface area contributed by atoms with Gasteiger partial charge in [0.15, 0.2) is 0 Å². The Kier molecular flexibility index (Phi) is 4.13. The molecule has 2 aliphatic rings. The fraction of sp³-hybridized carbons (Fsp3) is 0.412. The van der Waals surface area contributed by atoms with Crippen LogP contribution in [0, 0.1) is 17.8 Å². The quantitative estimate of drug-likeness (QED) is 0.684. The highest BCUT2D eigenvalue weighted by Crippen LogP contribution is 2.44. The lowest BCUT2D eigenvalue weighted by Gasteiger charge is -2.26. The minimum absolute atomic E-state index is 0.150. The highest BCUT2D eigenvalue weighted by molar-refractivity contribution is 5.77. The molecule has 0 radical (unpaired) electrons. The van der Waals surface area contributed by atoms with Crippen molar-refractivity contribution in [3.05, 3.63) is 48.0 Å². The molecule has 5 heteroatoms. The normalized spacial score (nSPS) is 28.4. The molecule has 2 aliphatic carbocycles. The summed E-state index contributed by atoms with van der Waals surface area (Å²) in [6.45, 7) is 0.215. The highest BCUT2D eigenvalue weighted by atomic mass is 16.5. The Bertz CT molecular complexity index is 584. The number of methoxy groups -OCH3 is 1. The monoisotopic (exact) mass is 301 g/mol. The number of rotatable bonds is 4. The Morgan fingerprint density at radius 1 is 1.18 bits per heavy atom. The van der Waals surface area contributed by atoms with E-state index in [1.54, 1.807) is 0 Å². The molecule has 2 bridgehead atoms. The first-order valence-electron chi connectivity index (χ1n) is 7.42. The maximum atomic E-state index is 12.0. The molecule has 1 fully saturated rings. The number of allylic oxidation sites excluding steroid dienone is 1. The third-order valence-corrected chi connectivity index (χ3v) is 4.43. The predicted molar refractivity (Wildman–Crippen MR) is 79.8 cm³/mol. The van der Waals surface area contributed by atoms with Gasteiger partial charge in [0.25, 0.3) is 0 Å². The summed E-state index contributed by atoms with van der Waals surface area (Å²) in [4.78, 5) is 23.9. The van der Waals surface area contributed by atoms with Gasteiger partial charge in [0.2, 0.25) is 0 Å². The predicted octanol–water partition coefficient (Wildman–Crippen LogP) is 2.28. The number of amides is 1. The number of fused-ring (bicyclic) bond motifs is 2. The zero-order valence-corrected chi connectivity index (χ0v) is 12.4. The van der Waals surface area contributed by atoms with Gasteiger partial charge in [-0.05, 0) is 23.8 Å². The van der Waals surface area contributed by atoms with Gasteiger partial charge in [0, 0.05) is 0 Å². The molecule has 116 valence electrons. The van der Waals surface area contributed by atoms with Gasteiger partial charge in [-0.1, -0.05) is 42.5 Å². The van der Waals surface area contributed by atoms with E-state index in [-0.39, 0.29) is 36.4 Å². The molecule has 1 aromatic rings. The Morgan fingerprint density at radius 3 is 2.64 bits per heavy atom. The van der Waals surface area contributed by atoms with E-state index in [1.165, 1.54) is 7.11 Å². The molecule has 1 N–H and O–H groups in total. The van der Waals surface area contributed by atoms with Gasteiger partial charge in [0.1, 0.15) is 6.61 Å². The highest BCUT2D eigenvalue weighted by Gasteiger charge is 2.49. The SMILES string of the molecule is COC(=O)[C@H]1[C@@H](NC(=O)OCc2ccccc2)[C@H]2C=C[C@@H]1C2. The van der Waals surface area contributed by atoms with Crippen LogP contribution in [0.4, 0.5) is 4.79 Å². The maximum absolute atomic E-state index is 12.0. The van der Waals surface area contributed by atoms with E-state index < -0.39 is 6.09 Å².